The van der Waals surface area contributed by atoms with Crippen molar-refractivity contribution < 1.29 is 0 Å². The summed E-state index contributed by atoms with van der Waals surface area (Å²) in [5.74, 6) is 0. The molecule has 0 fully saturated rings. The molecule has 0 aliphatic heterocycles. The number of aromatic nitrogens is 2. The van der Waals surface area contributed by atoms with Crippen LogP contribution in [0.2, 0.25) is 5.02 Å². The molecular formula is C10H9ClIN3. The summed E-state index contributed by atoms with van der Waals surface area (Å²) in [6.07, 6.45) is 1.73. The summed E-state index contributed by atoms with van der Waals surface area (Å²) < 4.78 is 1.13. The number of anilines is 1. The van der Waals surface area contributed by atoms with Gasteiger partial charge in [-0.2, -0.15) is 5.10 Å². The van der Waals surface area contributed by atoms with E-state index >= 15 is 0 Å². The lowest BCUT2D eigenvalue weighted by Crippen LogP contribution is -2.00. The Labute approximate surface area is 106 Å². The third kappa shape index (κ3) is 2.85. The van der Waals surface area contributed by atoms with E-state index in [0.29, 0.717) is 6.54 Å². The van der Waals surface area contributed by atoms with Crippen LogP contribution in [0.1, 0.15) is 5.69 Å². The maximum absolute atomic E-state index is 6.08. The fraction of sp³-hybridized carbons (Fsp3) is 0.100. The summed E-state index contributed by atoms with van der Waals surface area (Å²) in [6, 6.07) is 7.84. The summed E-state index contributed by atoms with van der Waals surface area (Å²) in [5, 5.41) is 10.7. The minimum absolute atomic E-state index is 0.695. The van der Waals surface area contributed by atoms with Crippen molar-refractivity contribution in [1.82, 2.24) is 10.2 Å². The second kappa shape index (κ2) is 4.85. The van der Waals surface area contributed by atoms with Gasteiger partial charge in [-0.1, -0.05) is 11.6 Å². The summed E-state index contributed by atoms with van der Waals surface area (Å²) in [7, 11) is 0. The number of nitrogens with one attached hydrogen (secondary N) is 2. The third-order valence-corrected chi connectivity index (χ3v) is 2.94. The summed E-state index contributed by atoms with van der Waals surface area (Å²) in [5.41, 5.74) is 1.97. The van der Waals surface area contributed by atoms with Crippen LogP contribution in [-0.2, 0) is 6.54 Å². The van der Waals surface area contributed by atoms with Crippen molar-refractivity contribution in [3.8, 4) is 0 Å². The van der Waals surface area contributed by atoms with Crippen molar-refractivity contribution >= 4 is 39.9 Å². The standard InChI is InChI=1S/C10H9ClIN3/c11-9-5-7(12)1-2-10(9)13-6-8-3-4-14-15-8/h1-5,13H,6H2,(H,14,15). The van der Waals surface area contributed by atoms with Crippen LogP contribution < -0.4 is 5.32 Å². The van der Waals surface area contributed by atoms with E-state index in [-0.39, 0.29) is 0 Å². The van der Waals surface area contributed by atoms with Gasteiger partial charge in [0.05, 0.1) is 22.9 Å². The number of aromatic amines is 1. The van der Waals surface area contributed by atoms with Gasteiger partial charge in [0.2, 0.25) is 0 Å². The highest BCUT2D eigenvalue weighted by Gasteiger charge is 2.00. The van der Waals surface area contributed by atoms with Gasteiger partial charge < -0.3 is 5.32 Å². The molecule has 15 heavy (non-hydrogen) atoms. The topological polar surface area (TPSA) is 40.7 Å². The minimum Gasteiger partial charge on any atom is -0.378 e. The second-order valence-corrected chi connectivity index (χ2v) is 4.71. The summed E-state index contributed by atoms with van der Waals surface area (Å²) in [4.78, 5) is 0. The number of nitrogens with zero attached hydrogens (tertiary/aromatic N) is 1. The largest absolute Gasteiger partial charge is 0.378 e. The van der Waals surface area contributed by atoms with E-state index in [4.69, 9.17) is 11.6 Å². The van der Waals surface area contributed by atoms with E-state index in [0.717, 1.165) is 20.0 Å². The molecule has 0 unspecified atom stereocenters. The monoisotopic (exact) mass is 333 g/mol. The number of H-pyrrole nitrogens is 1. The van der Waals surface area contributed by atoms with Crippen molar-refractivity contribution in [1.29, 1.82) is 0 Å². The lowest BCUT2D eigenvalue weighted by molar-refractivity contribution is 0.981. The van der Waals surface area contributed by atoms with E-state index < -0.39 is 0 Å². The van der Waals surface area contributed by atoms with Crippen molar-refractivity contribution in [2.24, 2.45) is 0 Å². The van der Waals surface area contributed by atoms with Crippen molar-refractivity contribution in [3.63, 3.8) is 0 Å². The van der Waals surface area contributed by atoms with Gasteiger partial charge in [0.15, 0.2) is 0 Å². The first kappa shape index (κ1) is 10.8. The van der Waals surface area contributed by atoms with Crippen molar-refractivity contribution in [2.45, 2.75) is 6.54 Å². The Hall–Kier alpha value is -0.750. The molecule has 2 N–H and O–H groups in total. The van der Waals surface area contributed by atoms with Gasteiger partial charge in [0.1, 0.15) is 0 Å². The highest BCUT2D eigenvalue weighted by atomic mass is 127. The van der Waals surface area contributed by atoms with Crippen LogP contribution in [0.3, 0.4) is 0 Å². The molecule has 0 spiro atoms. The molecule has 1 aromatic heterocycles. The number of hydrogen-bond donors (Lipinski definition) is 2. The van der Waals surface area contributed by atoms with Gasteiger partial charge in [-0.05, 0) is 46.9 Å². The first-order chi connectivity index (χ1) is 7.25. The Balaban J connectivity index is 2.05. The van der Waals surface area contributed by atoms with Crippen LogP contribution >= 0.6 is 34.2 Å². The molecule has 5 heteroatoms. The molecule has 2 rings (SSSR count). The smallest absolute Gasteiger partial charge is 0.0648 e. The lowest BCUT2D eigenvalue weighted by Gasteiger charge is -2.07. The molecule has 0 aliphatic carbocycles. The first-order valence-electron chi connectivity index (χ1n) is 4.43. The van der Waals surface area contributed by atoms with Gasteiger partial charge >= 0.3 is 0 Å². The van der Waals surface area contributed by atoms with Crippen LogP contribution in [0.15, 0.2) is 30.5 Å². The highest BCUT2D eigenvalue weighted by molar-refractivity contribution is 14.1. The highest BCUT2D eigenvalue weighted by Crippen LogP contribution is 2.24. The Morgan fingerprint density at radius 2 is 2.27 bits per heavy atom. The van der Waals surface area contributed by atoms with Crippen LogP contribution in [0.25, 0.3) is 0 Å². The molecule has 1 heterocycles. The van der Waals surface area contributed by atoms with Gasteiger partial charge in [0, 0.05) is 9.77 Å². The maximum atomic E-state index is 6.08. The number of halogens is 2. The molecule has 0 amide bonds. The Morgan fingerprint density at radius 1 is 1.40 bits per heavy atom. The predicted octanol–water partition coefficient (Wildman–Crippen LogP) is 3.28. The van der Waals surface area contributed by atoms with Gasteiger partial charge in [-0.15, -0.1) is 0 Å². The molecule has 1 aromatic carbocycles. The third-order valence-electron chi connectivity index (χ3n) is 1.96. The van der Waals surface area contributed by atoms with E-state index in [2.05, 4.69) is 38.1 Å². The molecule has 78 valence electrons. The zero-order chi connectivity index (χ0) is 10.7. The normalized spacial score (nSPS) is 10.3. The quantitative estimate of drug-likeness (QED) is 0.846. The first-order valence-corrected chi connectivity index (χ1v) is 5.88. The molecule has 0 saturated heterocycles. The number of hydrogen-bond acceptors (Lipinski definition) is 2. The molecular weight excluding hydrogens is 324 g/mol. The van der Waals surface area contributed by atoms with Gasteiger partial charge in [-0.3, -0.25) is 5.10 Å². The molecule has 2 aromatic rings. The van der Waals surface area contributed by atoms with Crippen LogP contribution in [0.4, 0.5) is 5.69 Å². The second-order valence-electron chi connectivity index (χ2n) is 3.06. The summed E-state index contributed by atoms with van der Waals surface area (Å²) in [6.45, 7) is 0.695. The van der Waals surface area contributed by atoms with Crippen molar-refractivity contribution in [3.05, 3.63) is 44.7 Å². The Kier molecular flexibility index (Phi) is 3.48. The lowest BCUT2D eigenvalue weighted by atomic mass is 10.3. The average molecular weight is 334 g/mol. The van der Waals surface area contributed by atoms with E-state index in [1.54, 1.807) is 6.20 Å². The number of rotatable bonds is 3. The van der Waals surface area contributed by atoms with Crippen molar-refractivity contribution in [2.75, 3.05) is 5.32 Å². The summed E-state index contributed by atoms with van der Waals surface area (Å²) >= 11 is 8.31. The fourth-order valence-electron chi connectivity index (χ4n) is 1.21. The van der Waals surface area contributed by atoms with Gasteiger partial charge in [-0.25, -0.2) is 0 Å². The molecule has 0 radical (unpaired) electrons. The molecule has 0 saturated carbocycles. The van der Waals surface area contributed by atoms with Crippen LogP contribution in [0.5, 0.6) is 0 Å². The Morgan fingerprint density at radius 3 is 2.93 bits per heavy atom. The number of benzene rings is 1. The van der Waals surface area contributed by atoms with E-state index in [1.165, 1.54) is 0 Å². The fourth-order valence-corrected chi connectivity index (χ4v) is 2.13. The van der Waals surface area contributed by atoms with E-state index in [1.807, 2.05) is 24.3 Å². The van der Waals surface area contributed by atoms with Crippen LogP contribution in [0, 0.1) is 3.57 Å². The van der Waals surface area contributed by atoms with Crippen LogP contribution in [-0.4, -0.2) is 10.2 Å². The zero-order valence-electron chi connectivity index (χ0n) is 7.80. The molecule has 0 bridgehead atoms. The van der Waals surface area contributed by atoms with E-state index in [9.17, 15) is 0 Å². The molecule has 0 atom stereocenters. The average Bonchev–Trinajstić information content (AvgIpc) is 2.69. The molecule has 0 aliphatic rings. The zero-order valence-corrected chi connectivity index (χ0v) is 10.7. The predicted molar refractivity (Wildman–Crippen MR) is 70.1 cm³/mol. The van der Waals surface area contributed by atoms with Gasteiger partial charge in [0.25, 0.3) is 0 Å². The molecule has 3 nitrogen and oxygen atoms in total. The minimum atomic E-state index is 0.695. The SMILES string of the molecule is Clc1cc(I)ccc1NCc1ccn[nH]1. The maximum Gasteiger partial charge on any atom is 0.0648 e. The Bertz CT molecular complexity index is 442.